The summed E-state index contributed by atoms with van der Waals surface area (Å²) in [5.74, 6) is 1.30. The van der Waals surface area contributed by atoms with E-state index in [1.807, 2.05) is 0 Å². The lowest BCUT2D eigenvalue weighted by molar-refractivity contribution is -0.385. The average molecular weight is 342 g/mol. The van der Waals surface area contributed by atoms with Gasteiger partial charge in [-0.25, -0.2) is 4.98 Å². The van der Waals surface area contributed by atoms with Gasteiger partial charge in [0.2, 0.25) is 0 Å². The molecule has 2 aliphatic rings. The van der Waals surface area contributed by atoms with Crippen LogP contribution in [0.2, 0.25) is 0 Å². The molecule has 0 aromatic carbocycles. The van der Waals surface area contributed by atoms with Crippen molar-refractivity contribution in [1.82, 2.24) is 4.98 Å². The van der Waals surface area contributed by atoms with Crippen LogP contribution in [0, 0.1) is 22.0 Å². The first kappa shape index (κ1) is 13.8. The molecule has 3 rings (SSSR count). The molecule has 3 atom stereocenters. The highest BCUT2D eigenvalue weighted by Crippen LogP contribution is 2.38. The predicted octanol–water partition coefficient (Wildman–Crippen LogP) is 2.35. The van der Waals surface area contributed by atoms with Crippen LogP contribution in [0.4, 0.5) is 11.5 Å². The summed E-state index contributed by atoms with van der Waals surface area (Å²) >= 11 is 3.37. The fraction of sp³-hybridized carbons (Fsp3) is 0.615. The molecule has 1 aromatic heterocycles. The van der Waals surface area contributed by atoms with Crippen molar-refractivity contribution < 1.29 is 10.0 Å². The second-order valence-electron chi connectivity index (χ2n) is 5.60. The Morgan fingerprint density at radius 3 is 2.60 bits per heavy atom. The highest BCUT2D eigenvalue weighted by molar-refractivity contribution is 9.10. The zero-order chi connectivity index (χ0) is 14.3. The minimum atomic E-state index is -0.448. The predicted molar refractivity (Wildman–Crippen MR) is 77.6 cm³/mol. The van der Waals surface area contributed by atoms with E-state index < -0.39 is 4.92 Å². The number of hydrogen-bond donors (Lipinski definition) is 1. The molecule has 1 aromatic rings. The number of piperidine rings is 1. The first-order valence-corrected chi connectivity index (χ1v) is 7.58. The van der Waals surface area contributed by atoms with Crippen molar-refractivity contribution in [3.05, 3.63) is 26.9 Å². The van der Waals surface area contributed by atoms with Gasteiger partial charge in [0, 0.05) is 31.0 Å². The van der Waals surface area contributed by atoms with Gasteiger partial charge in [0.05, 0.1) is 15.5 Å². The van der Waals surface area contributed by atoms with Gasteiger partial charge >= 0.3 is 0 Å². The molecule has 0 amide bonds. The molecular formula is C13H16BrN3O3. The quantitative estimate of drug-likeness (QED) is 0.659. The van der Waals surface area contributed by atoms with Crippen LogP contribution in [-0.4, -0.2) is 34.2 Å². The molecule has 0 radical (unpaired) electrons. The van der Waals surface area contributed by atoms with Gasteiger partial charge in [-0.1, -0.05) is 6.42 Å². The molecular weight excluding hydrogens is 326 g/mol. The number of halogens is 1. The maximum atomic E-state index is 10.7. The van der Waals surface area contributed by atoms with Crippen molar-refractivity contribution in [2.75, 3.05) is 18.0 Å². The Labute approximate surface area is 125 Å². The summed E-state index contributed by atoms with van der Waals surface area (Å²) in [4.78, 5) is 16.7. The van der Waals surface area contributed by atoms with E-state index >= 15 is 0 Å². The largest absolute Gasteiger partial charge is 0.392 e. The molecule has 1 aliphatic carbocycles. The Morgan fingerprint density at radius 2 is 2.05 bits per heavy atom. The zero-order valence-corrected chi connectivity index (χ0v) is 12.5. The third-order valence-corrected chi connectivity index (χ3v) is 4.93. The highest BCUT2D eigenvalue weighted by atomic mass is 79.9. The molecule has 108 valence electrons. The minimum Gasteiger partial charge on any atom is -0.392 e. The van der Waals surface area contributed by atoms with Crippen molar-refractivity contribution in [3.8, 4) is 0 Å². The Balaban J connectivity index is 1.85. The summed E-state index contributed by atoms with van der Waals surface area (Å²) in [6.45, 7) is 1.53. The standard InChI is InChI=1S/C13H16BrN3O3/c14-11-4-10(17(19)20)5-15-13(11)16-6-8-2-1-3-9(7-16)12(8)18/h4-5,8-9,12,18H,1-3,6-7H2/t8-,9+,12?. The Morgan fingerprint density at radius 1 is 1.40 bits per heavy atom. The fourth-order valence-corrected chi connectivity index (χ4v) is 3.92. The van der Waals surface area contributed by atoms with Crippen molar-refractivity contribution in [2.45, 2.75) is 25.4 Å². The molecule has 2 bridgehead atoms. The van der Waals surface area contributed by atoms with Crippen LogP contribution in [-0.2, 0) is 0 Å². The summed E-state index contributed by atoms with van der Waals surface area (Å²) in [5.41, 5.74) is -0.0159. The van der Waals surface area contributed by atoms with Crippen LogP contribution in [0.1, 0.15) is 19.3 Å². The normalized spacial score (nSPS) is 29.3. The minimum absolute atomic E-state index is 0.0159. The number of hydrogen-bond acceptors (Lipinski definition) is 5. The molecule has 2 heterocycles. The summed E-state index contributed by atoms with van der Waals surface area (Å²) < 4.78 is 0.640. The maximum absolute atomic E-state index is 10.7. The van der Waals surface area contributed by atoms with Crippen LogP contribution >= 0.6 is 15.9 Å². The van der Waals surface area contributed by atoms with Gasteiger partial charge in [-0.15, -0.1) is 0 Å². The van der Waals surface area contributed by atoms with Gasteiger partial charge in [0.15, 0.2) is 0 Å². The molecule has 7 heteroatoms. The highest BCUT2D eigenvalue weighted by Gasteiger charge is 2.39. The molecule has 2 fully saturated rings. The Kier molecular flexibility index (Phi) is 3.64. The number of anilines is 1. The Bertz CT molecular complexity index is 526. The van der Waals surface area contributed by atoms with E-state index in [2.05, 4.69) is 25.8 Å². The SMILES string of the molecule is O=[N+]([O-])c1cnc(N2C[C@H]3CCC[C@@H](C2)C3O)c(Br)c1. The van der Waals surface area contributed by atoms with E-state index in [1.54, 1.807) is 0 Å². The summed E-state index contributed by atoms with van der Waals surface area (Å²) in [7, 11) is 0. The molecule has 1 saturated heterocycles. The number of pyridine rings is 1. The number of nitro groups is 1. The fourth-order valence-electron chi connectivity index (χ4n) is 3.33. The molecule has 1 saturated carbocycles. The second-order valence-corrected chi connectivity index (χ2v) is 6.46. The van der Waals surface area contributed by atoms with E-state index in [0.717, 1.165) is 31.7 Å². The summed E-state index contributed by atoms with van der Waals surface area (Å²) in [6.07, 6.45) is 4.34. The lowest BCUT2D eigenvalue weighted by Gasteiger charge is -2.45. The van der Waals surface area contributed by atoms with Gasteiger partial charge < -0.3 is 10.0 Å². The first-order chi connectivity index (χ1) is 9.56. The smallest absolute Gasteiger partial charge is 0.288 e. The van der Waals surface area contributed by atoms with Crippen molar-refractivity contribution in [2.24, 2.45) is 11.8 Å². The van der Waals surface area contributed by atoms with E-state index in [-0.39, 0.29) is 23.6 Å². The van der Waals surface area contributed by atoms with E-state index in [1.165, 1.54) is 18.7 Å². The number of nitrogens with zero attached hydrogens (tertiary/aromatic N) is 3. The lowest BCUT2D eigenvalue weighted by Crippen LogP contribution is -2.51. The third kappa shape index (κ3) is 2.40. The van der Waals surface area contributed by atoms with Gasteiger partial charge in [0.25, 0.3) is 5.69 Å². The van der Waals surface area contributed by atoms with E-state index in [9.17, 15) is 15.2 Å². The topological polar surface area (TPSA) is 79.5 Å². The molecule has 1 N–H and O–H groups in total. The van der Waals surface area contributed by atoms with Crippen LogP contribution in [0.5, 0.6) is 0 Å². The second kappa shape index (κ2) is 5.29. The van der Waals surface area contributed by atoms with Gasteiger partial charge in [-0.2, -0.15) is 0 Å². The number of rotatable bonds is 2. The number of aliphatic hydroxyl groups is 1. The molecule has 0 spiro atoms. The summed E-state index contributed by atoms with van der Waals surface area (Å²) in [6, 6.07) is 1.49. The first-order valence-electron chi connectivity index (χ1n) is 6.79. The molecule has 1 aliphatic heterocycles. The number of aliphatic hydroxyl groups excluding tert-OH is 1. The van der Waals surface area contributed by atoms with Crippen LogP contribution in [0.25, 0.3) is 0 Å². The van der Waals surface area contributed by atoms with Crippen LogP contribution in [0.15, 0.2) is 16.7 Å². The Hall–Kier alpha value is -1.21. The van der Waals surface area contributed by atoms with Crippen molar-refractivity contribution in [3.63, 3.8) is 0 Å². The average Bonchev–Trinajstić information content (AvgIpc) is 2.38. The maximum Gasteiger partial charge on any atom is 0.288 e. The third-order valence-electron chi connectivity index (χ3n) is 4.34. The van der Waals surface area contributed by atoms with E-state index in [4.69, 9.17) is 0 Å². The molecule has 1 unspecified atom stereocenters. The van der Waals surface area contributed by atoms with Crippen LogP contribution in [0.3, 0.4) is 0 Å². The lowest BCUT2D eigenvalue weighted by atomic mass is 9.75. The van der Waals surface area contributed by atoms with Crippen LogP contribution < -0.4 is 4.90 Å². The van der Waals surface area contributed by atoms with Gasteiger partial charge in [-0.05, 0) is 28.8 Å². The van der Waals surface area contributed by atoms with Crippen molar-refractivity contribution >= 4 is 27.4 Å². The zero-order valence-electron chi connectivity index (χ0n) is 10.9. The molecule has 20 heavy (non-hydrogen) atoms. The molecule has 6 nitrogen and oxygen atoms in total. The van der Waals surface area contributed by atoms with Crippen molar-refractivity contribution in [1.29, 1.82) is 0 Å². The number of fused-ring (bicyclic) bond motifs is 2. The van der Waals surface area contributed by atoms with Gasteiger partial charge in [0.1, 0.15) is 12.0 Å². The number of aromatic nitrogens is 1. The monoisotopic (exact) mass is 341 g/mol. The summed E-state index contributed by atoms with van der Waals surface area (Å²) in [5, 5.41) is 20.9. The van der Waals surface area contributed by atoms with Gasteiger partial charge in [-0.3, -0.25) is 10.1 Å². The van der Waals surface area contributed by atoms with E-state index in [0.29, 0.717) is 4.47 Å².